The molecule has 2 aromatic rings. The lowest BCUT2D eigenvalue weighted by Crippen LogP contribution is -2.47. The summed E-state index contributed by atoms with van der Waals surface area (Å²) < 4.78 is 64.2. The van der Waals surface area contributed by atoms with Gasteiger partial charge in [-0.15, -0.1) is 0 Å². The smallest absolute Gasteiger partial charge is 0.401 e. The molecule has 1 fully saturated rings. The van der Waals surface area contributed by atoms with Gasteiger partial charge in [0.1, 0.15) is 0 Å². The van der Waals surface area contributed by atoms with Crippen molar-refractivity contribution in [2.75, 3.05) is 45.0 Å². The summed E-state index contributed by atoms with van der Waals surface area (Å²) in [5, 5.41) is 3.52. The molecule has 1 N–H and O–H groups in total. The molecule has 0 aliphatic carbocycles. The number of ether oxygens (including phenoxy) is 2. The van der Waals surface area contributed by atoms with Gasteiger partial charge in [-0.25, -0.2) is 0 Å². The molecular weight excluding hydrogens is 462 g/mol. The maximum absolute atomic E-state index is 13.6. The van der Waals surface area contributed by atoms with E-state index in [1.807, 2.05) is 43.3 Å². The standard InChI is InChI=1S/C26H31F4N3O2/c1-17-11-19-12-23-24(35-16-34-23)13-22(19)25(33(17)15-26(28,29)30)18-3-5-20(6-4-18)31-21-7-10-32(14-21)9-2-8-27/h3-6,12-13,17,21,25,31H,2,7-11,14-16H2,1H3/t17-,21+,25-/m1/s1. The summed E-state index contributed by atoms with van der Waals surface area (Å²) in [5.74, 6) is 1.22. The summed E-state index contributed by atoms with van der Waals surface area (Å²) in [6.45, 7) is 3.25. The molecule has 9 heteroatoms. The van der Waals surface area contributed by atoms with Crippen LogP contribution in [0.15, 0.2) is 36.4 Å². The number of halogens is 4. The van der Waals surface area contributed by atoms with Crippen molar-refractivity contribution >= 4 is 5.69 Å². The van der Waals surface area contributed by atoms with Crippen molar-refractivity contribution in [2.24, 2.45) is 0 Å². The lowest BCUT2D eigenvalue weighted by molar-refractivity contribution is -0.155. The van der Waals surface area contributed by atoms with E-state index < -0.39 is 18.8 Å². The molecule has 3 aliphatic rings. The van der Waals surface area contributed by atoms with Crippen molar-refractivity contribution in [3.8, 4) is 11.5 Å². The quantitative estimate of drug-likeness (QED) is 0.540. The minimum atomic E-state index is -4.31. The molecule has 190 valence electrons. The first-order chi connectivity index (χ1) is 16.8. The van der Waals surface area contributed by atoms with Gasteiger partial charge in [0, 0.05) is 37.4 Å². The van der Waals surface area contributed by atoms with Gasteiger partial charge in [-0.1, -0.05) is 12.1 Å². The summed E-state index contributed by atoms with van der Waals surface area (Å²) in [4.78, 5) is 3.79. The fourth-order valence-electron chi connectivity index (χ4n) is 5.56. The van der Waals surface area contributed by atoms with E-state index in [9.17, 15) is 17.6 Å². The number of likely N-dealkylation sites (tertiary alicyclic amines) is 1. The number of hydrogen-bond donors (Lipinski definition) is 1. The highest BCUT2D eigenvalue weighted by Gasteiger charge is 2.41. The molecule has 35 heavy (non-hydrogen) atoms. The van der Waals surface area contributed by atoms with Crippen molar-refractivity contribution in [3.05, 3.63) is 53.1 Å². The van der Waals surface area contributed by atoms with Crippen LogP contribution in [0.5, 0.6) is 11.5 Å². The van der Waals surface area contributed by atoms with Crippen LogP contribution in [0.3, 0.4) is 0 Å². The van der Waals surface area contributed by atoms with E-state index in [4.69, 9.17) is 9.47 Å². The third-order valence-electron chi connectivity index (χ3n) is 7.18. The van der Waals surface area contributed by atoms with E-state index in [2.05, 4.69) is 10.2 Å². The third kappa shape index (κ3) is 5.35. The molecule has 2 aromatic carbocycles. The Bertz CT molecular complexity index is 1030. The summed E-state index contributed by atoms with van der Waals surface area (Å²) >= 11 is 0. The number of nitrogens with one attached hydrogen (secondary N) is 1. The molecule has 3 aliphatic heterocycles. The minimum absolute atomic E-state index is 0.122. The molecule has 0 radical (unpaired) electrons. The summed E-state index contributed by atoms with van der Waals surface area (Å²) in [6, 6.07) is 10.9. The van der Waals surface area contributed by atoms with Crippen LogP contribution >= 0.6 is 0 Å². The maximum Gasteiger partial charge on any atom is 0.401 e. The average molecular weight is 494 g/mol. The topological polar surface area (TPSA) is 37.0 Å². The Labute approximate surface area is 203 Å². The van der Waals surface area contributed by atoms with Crippen molar-refractivity contribution in [1.82, 2.24) is 9.80 Å². The van der Waals surface area contributed by atoms with E-state index in [0.717, 1.165) is 48.4 Å². The molecule has 0 aromatic heterocycles. The SMILES string of the molecule is C[C@@H]1Cc2cc3c(cc2[C@@H](c2ccc(N[C@H]4CCN(CCCF)C4)cc2)N1CC(F)(F)F)OCO3. The summed E-state index contributed by atoms with van der Waals surface area (Å²) in [6.07, 6.45) is -2.26. The Kier molecular flexibility index (Phi) is 6.81. The molecule has 5 rings (SSSR count). The molecule has 0 amide bonds. The first-order valence-corrected chi connectivity index (χ1v) is 12.2. The van der Waals surface area contributed by atoms with Crippen LogP contribution in [-0.4, -0.2) is 67.7 Å². The fourth-order valence-corrected chi connectivity index (χ4v) is 5.56. The van der Waals surface area contributed by atoms with Crippen molar-refractivity contribution in [2.45, 2.75) is 50.5 Å². The molecule has 3 atom stereocenters. The molecule has 0 unspecified atom stereocenters. The van der Waals surface area contributed by atoms with Gasteiger partial charge in [-0.2, -0.15) is 13.2 Å². The average Bonchev–Trinajstić information content (AvgIpc) is 3.46. The van der Waals surface area contributed by atoms with E-state index >= 15 is 0 Å². The second-order valence-electron chi connectivity index (χ2n) is 9.74. The van der Waals surface area contributed by atoms with Gasteiger partial charge in [0.2, 0.25) is 6.79 Å². The minimum Gasteiger partial charge on any atom is -0.454 e. The zero-order chi connectivity index (χ0) is 24.6. The van der Waals surface area contributed by atoms with Crippen LogP contribution in [0.25, 0.3) is 0 Å². The number of nitrogens with zero attached hydrogens (tertiary/aromatic N) is 2. The molecule has 5 nitrogen and oxygen atoms in total. The Hall–Kier alpha value is -2.52. The zero-order valence-electron chi connectivity index (χ0n) is 19.8. The summed E-state index contributed by atoms with van der Waals surface area (Å²) in [5.41, 5.74) is 3.56. The van der Waals surface area contributed by atoms with Crippen LogP contribution in [0.2, 0.25) is 0 Å². The van der Waals surface area contributed by atoms with E-state index in [0.29, 0.717) is 24.3 Å². The fraction of sp³-hybridized carbons (Fsp3) is 0.538. The Balaban J connectivity index is 1.39. The van der Waals surface area contributed by atoms with Crippen molar-refractivity contribution < 1.29 is 27.0 Å². The van der Waals surface area contributed by atoms with Crippen molar-refractivity contribution in [1.29, 1.82) is 0 Å². The third-order valence-corrected chi connectivity index (χ3v) is 7.18. The monoisotopic (exact) mass is 493 g/mol. The Morgan fingerprint density at radius 1 is 1.09 bits per heavy atom. The highest BCUT2D eigenvalue weighted by Crippen LogP contribution is 2.45. The van der Waals surface area contributed by atoms with E-state index in [-0.39, 0.29) is 25.6 Å². The number of anilines is 1. The van der Waals surface area contributed by atoms with Gasteiger partial charge < -0.3 is 19.7 Å². The first-order valence-electron chi connectivity index (χ1n) is 12.2. The van der Waals surface area contributed by atoms with Crippen LogP contribution in [0, 0.1) is 0 Å². The second kappa shape index (κ2) is 9.85. The second-order valence-corrected chi connectivity index (χ2v) is 9.74. The van der Waals surface area contributed by atoms with Gasteiger partial charge in [0.15, 0.2) is 11.5 Å². The first kappa shape index (κ1) is 24.2. The highest BCUT2D eigenvalue weighted by atomic mass is 19.4. The predicted molar refractivity (Wildman–Crippen MR) is 126 cm³/mol. The van der Waals surface area contributed by atoms with E-state index in [1.165, 1.54) is 4.90 Å². The number of benzene rings is 2. The van der Waals surface area contributed by atoms with Crippen LogP contribution < -0.4 is 14.8 Å². The van der Waals surface area contributed by atoms with Gasteiger partial charge in [0.05, 0.1) is 19.3 Å². The lowest BCUT2D eigenvalue weighted by atomic mass is 9.84. The van der Waals surface area contributed by atoms with Gasteiger partial charge in [0.25, 0.3) is 0 Å². The van der Waals surface area contributed by atoms with Gasteiger partial charge in [-0.3, -0.25) is 9.29 Å². The molecule has 0 saturated carbocycles. The van der Waals surface area contributed by atoms with Crippen LogP contribution in [-0.2, 0) is 6.42 Å². The Morgan fingerprint density at radius 2 is 1.83 bits per heavy atom. The highest BCUT2D eigenvalue weighted by molar-refractivity contribution is 5.54. The van der Waals surface area contributed by atoms with Crippen molar-refractivity contribution in [3.63, 3.8) is 0 Å². The summed E-state index contributed by atoms with van der Waals surface area (Å²) in [7, 11) is 0. The zero-order valence-corrected chi connectivity index (χ0v) is 19.8. The number of alkyl halides is 4. The Morgan fingerprint density at radius 3 is 2.54 bits per heavy atom. The number of hydrogen-bond acceptors (Lipinski definition) is 5. The van der Waals surface area contributed by atoms with Crippen LogP contribution in [0.4, 0.5) is 23.2 Å². The lowest BCUT2D eigenvalue weighted by Gasteiger charge is -2.42. The maximum atomic E-state index is 13.6. The largest absolute Gasteiger partial charge is 0.454 e. The molecule has 0 bridgehead atoms. The number of rotatable bonds is 7. The molecule has 3 heterocycles. The molecule has 1 saturated heterocycles. The van der Waals surface area contributed by atoms with Crippen LogP contribution in [0.1, 0.15) is 42.5 Å². The van der Waals surface area contributed by atoms with E-state index in [1.54, 1.807) is 0 Å². The van der Waals surface area contributed by atoms with Gasteiger partial charge >= 0.3 is 6.18 Å². The van der Waals surface area contributed by atoms with Gasteiger partial charge in [-0.05, 0) is 67.1 Å². The normalized spacial score (nSPS) is 24.5. The molecular formula is C26H31F4N3O2. The molecule has 0 spiro atoms. The predicted octanol–water partition coefficient (Wildman–Crippen LogP) is 5.16. The number of fused-ring (bicyclic) bond motifs is 2.